The number of benzene rings is 2. The summed E-state index contributed by atoms with van der Waals surface area (Å²) >= 11 is 12.1. The molecule has 4 nitrogen and oxygen atoms in total. The van der Waals surface area contributed by atoms with Gasteiger partial charge >= 0.3 is 0 Å². The zero-order chi connectivity index (χ0) is 22.0. The summed E-state index contributed by atoms with van der Waals surface area (Å²) < 4.78 is 5.52. The smallest absolute Gasteiger partial charge is 0.224 e. The van der Waals surface area contributed by atoms with E-state index in [0.29, 0.717) is 22.4 Å². The van der Waals surface area contributed by atoms with E-state index in [-0.39, 0.29) is 17.4 Å². The Kier molecular flexibility index (Phi) is 6.80. The molecule has 2 aromatic carbocycles. The lowest BCUT2D eigenvalue weighted by molar-refractivity contribution is -0.121. The van der Waals surface area contributed by atoms with E-state index >= 15 is 0 Å². The molecule has 6 heteroatoms. The first-order valence-corrected chi connectivity index (χ1v) is 11.7. The first kappa shape index (κ1) is 22.4. The van der Waals surface area contributed by atoms with Gasteiger partial charge in [-0.2, -0.15) is 0 Å². The third-order valence-electron chi connectivity index (χ3n) is 7.09. The summed E-state index contributed by atoms with van der Waals surface area (Å²) in [6, 6.07) is 14.1. The summed E-state index contributed by atoms with van der Waals surface area (Å²) in [7, 11) is 3.93. The molecule has 3 atom stereocenters. The fraction of sp³-hybridized carbons (Fsp3) is 0.480. The Balaban J connectivity index is 1.51. The molecule has 166 valence electrons. The van der Waals surface area contributed by atoms with Gasteiger partial charge in [0, 0.05) is 18.0 Å². The minimum absolute atomic E-state index is 0.0376. The molecule has 1 amide bonds. The van der Waals surface area contributed by atoms with Gasteiger partial charge in [0.1, 0.15) is 5.75 Å². The second-order valence-corrected chi connectivity index (χ2v) is 9.88. The van der Waals surface area contributed by atoms with Crippen molar-refractivity contribution >= 4 is 29.1 Å². The number of carbonyl (C=O) groups excluding carboxylic acids is 1. The normalized spacial score (nSPS) is 26.2. The van der Waals surface area contributed by atoms with E-state index in [4.69, 9.17) is 27.9 Å². The van der Waals surface area contributed by atoms with Crippen molar-refractivity contribution in [3.8, 4) is 5.75 Å². The van der Waals surface area contributed by atoms with Crippen LogP contribution in [0.4, 0.5) is 0 Å². The molecule has 1 saturated heterocycles. The van der Waals surface area contributed by atoms with Crippen LogP contribution in [0, 0.1) is 5.92 Å². The van der Waals surface area contributed by atoms with E-state index in [1.807, 2.05) is 12.1 Å². The monoisotopic (exact) mass is 460 g/mol. The van der Waals surface area contributed by atoms with Crippen molar-refractivity contribution in [3.05, 3.63) is 63.6 Å². The van der Waals surface area contributed by atoms with Crippen molar-refractivity contribution in [1.82, 2.24) is 10.2 Å². The fourth-order valence-corrected chi connectivity index (χ4v) is 5.81. The molecule has 2 aliphatic rings. The Hall–Kier alpha value is -1.75. The maximum atomic E-state index is 12.8. The van der Waals surface area contributed by atoms with Gasteiger partial charge in [-0.1, -0.05) is 41.4 Å². The number of halogens is 2. The number of hydrogen-bond acceptors (Lipinski definition) is 3. The highest BCUT2D eigenvalue weighted by Gasteiger charge is 2.47. The van der Waals surface area contributed by atoms with E-state index in [1.54, 1.807) is 19.2 Å². The van der Waals surface area contributed by atoms with E-state index in [9.17, 15) is 4.79 Å². The number of carbonyl (C=O) groups is 1. The Morgan fingerprint density at radius 2 is 2.03 bits per heavy atom. The molecule has 1 N–H and O–H groups in total. The SMILES string of the molecule is COc1cccc(C23CCN(C)CC2CC[C@H](NC(=O)Cc2ccc(Cl)c(Cl)c2)C3)c1. The van der Waals surface area contributed by atoms with Crippen molar-refractivity contribution in [2.75, 3.05) is 27.2 Å². The number of piperidine rings is 1. The number of nitrogens with zero attached hydrogens (tertiary/aromatic N) is 1. The number of amides is 1. The molecule has 2 aromatic rings. The van der Waals surface area contributed by atoms with Crippen molar-refractivity contribution in [2.45, 2.75) is 43.6 Å². The second-order valence-electron chi connectivity index (χ2n) is 9.07. The molecule has 1 aliphatic carbocycles. The maximum Gasteiger partial charge on any atom is 0.224 e. The zero-order valence-electron chi connectivity index (χ0n) is 18.2. The Labute approximate surface area is 194 Å². The summed E-state index contributed by atoms with van der Waals surface area (Å²) in [5, 5.41) is 4.30. The van der Waals surface area contributed by atoms with Gasteiger partial charge in [0.2, 0.25) is 5.91 Å². The molecule has 2 fully saturated rings. The molecular formula is C25H30Cl2N2O2. The largest absolute Gasteiger partial charge is 0.497 e. The summed E-state index contributed by atoms with van der Waals surface area (Å²) in [5.41, 5.74) is 2.29. The highest BCUT2D eigenvalue weighted by Crippen LogP contribution is 2.49. The van der Waals surface area contributed by atoms with Crippen LogP contribution in [0.15, 0.2) is 42.5 Å². The van der Waals surface area contributed by atoms with E-state index in [0.717, 1.165) is 50.1 Å². The predicted octanol–water partition coefficient (Wildman–Crippen LogP) is 5.10. The summed E-state index contributed by atoms with van der Waals surface area (Å²) in [5.74, 6) is 1.52. The molecule has 0 radical (unpaired) electrons. The Bertz CT molecular complexity index is 951. The van der Waals surface area contributed by atoms with Crippen molar-refractivity contribution in [3.63, 3.8) is 0 Å². The van der Waals surface area contributed by atoms with Gasteiger partial charge in [-0.25, -0.2) is 0 Å². The topological polar surface area (TPSA) is 41.6 Å². The average Bonchev–Trinajstić information content (AvgIpc) is 2.76. The van der Waals surface area contributed by atoms with Crippen molar-refractivity contribution in [1.29, 1.82) is 0 Å². The number of rotatable bonds is 5. The van der Waals surface area contributed by atoms with Gasteiger partial charge in [-0.05, 0) is 80.6 Å². The maximum absolute atomic E-state index is 12.8. The van der Waals surface area contributed by atoms with E-state index in [2.05, 4.69) is 35.5 Å². The van der Waals surface area contributed by atoms with Crippen LogP contribution < -0.4 is 10.1 Å². The molecule has 0 spiro atoms. The standard InChI is InChI=1S/C25H30Cl2N2O2/c1-29-11-10-25(18-4-3-5-21(14-18)31-2)15-20(8-7-19(25)16-29)28-24(30)13-17-6-9-22(26)23(27)12-17/h3-6,9,12,14,19-20H,7-8,10-11,13,15-16H2,1-2H3,(H,28,30)/t19?,20-,25?/m0/s1. The van der Waals surface area contributed by atoms with Gasteiger partial charge in [-0.3, -0.25) is 4.79 Å². The Morgan fingerprint density at radius 3 is 2.81 bits per heavy atom. The first-order valence-electron chi connectivity index (χ1n) is 11.0. The van der Waals surface area contributed by atoms with Crippen LogP contribution in [0.5, 0.6) is 5.75 Å². The van der Waals surface area contributed by atoms with Crippen LogP contribution in [-0.4, -0.2) is 44.1 Å². The van der Waals surface area contributed by atoms with Gasteiger partial charge < -0.3 is 15.0 Å². The molecule has 2 unspecified atom stereocenters. The molecule has 1 saturated carbocycles. The third-order valence-corrected chi connectivity index (χ3v) is 7.82. The zero-order valence-corrected chi connectivity index (χ0v) is 19.7. The number of nitrogens with one attached hydrogen (secondary N) is 1. The van der Waals surface area contributed by atoms with E-state index < -0.39 is 0 Å². The summed E-state index contributed by atoms with van der Waals surface area (Å²) in [4.78, 5) is 15.3. The van der Waals surface area contributed by atoms with Crippen LogP contribution in [0.25, 0.3) is 0 Å². The van der Waals surface area contributed by atoms with Crippen LogP contribution >= 0.6 is 23.2 Å². The quantitative estimate of drug-likeness (QED) is 0.674. The lowest BCUT2D eigenvalue weighted by Gasteiger charge is -2.52. The lowest BCUT2D eigenvalue weighted by Crippen LogP contribution is -2.55. The van der Waals surface area contributed by atoms with Gasteiger partial charge in [0.05, 0.1) is 23.6 Å². The van der Waals surface area contributed by atoms with Crippen LogP contribution in [-0.2, 0) is 16.6 Å². The number of ether oxygens (including phenoxy) is 1. The van der Waals surface area contributed by atoms with Crippen LogP contribution in [0.3, 0.4) is 0 Å². The number of methoxy groups -OCH3 is 1. The molecule has 0 aromatic heterocycles. The Morgan fingerprint density at radius 1 is 1.19 bits per heavy atom. The molecule has 1 aliphatic heterocycles. The minimum Gasteiger partial charge on any atom is -0.497 e. The van der Waals surface area contributed by atoms with Crippen LogP contribution in [0.1, 0.15) is 36.8 Å². The second kappa shape index (κ2) is 9.40. The molecule has 31 heavy (non-hydrogen) atoms. The number of hydrogen-bond donors (Lipinski definition) is 1. The third kappa shape index (κ3) is 4.87. The first-order chi connectivity index (χ1) is 14.9. The van der Waals surface area contributed by atoms with Crippen LogP contribution in [0.2, 0.25) is 10.0 Å². The van der Waals surface area contributed by atoms with E-state index in [1.165, 1.54) is 5.56 Å². The predicted molar refractivity (Wildman–Crippen MR) is 126 cm³/mol. The van der Waals surface area contributed by atoms with Crippen molar-refractivity contribution < 1.29 is 9.53 Å². The molecular weight excluding hydrogens is 431 g/mol. The average molecular weight is 461 g/mol. The summed E-state index contributed by atoms with van der Waals surface area (Å²) in [6.45, 7) is 2.17. The molecule has 1 heterocycles. The van der Waals surface area contributed by atoms with Gasteiger partial charge in [0.25, 0.3) is 0 Å². The molecule has 0 bridgehead atoms. The highest BCUT2D eigenvalue weighted by atomic mass is 35.5. The fourth-order valence-electron chi connectivity index (χ4n) is 5.48. The molecule has 4 rings (SSSR count). The lowest BCUT2D eigenvalue weighted by atomic mass is 9.58. The number of fused-ring (bicyclic) bond motifs is 1. The van der Waals surface area contributed by atoms with Crippen molar-refractivity contribution in [2.24, 2.45) is 5.92 Å². The number of likely N-dealkylation sites (tertiary alicyclic amines) is 1. The highest BCUT2D eigenvalue weighted by molar-refractivity contribution is 6.42. The van der Waals surface area contributed by atoms with Gasteiger partial charge in [0.15, 0.2) is 0 Å². The van der Waals surface area contributed by atoms with Gasteiger partial charge in [-0.15, -0.1) is 0 Å². The summed E-state index contributed by atoms with van der Waals surface area (Å²) in [6.07, 6.45) is 4.49. The minimum atomic E-state index is 0.0376.